The van der Waals surface area contributed by atoms with Crippen LogP contribution in [-0.2, 0) is 0 Å². The summed E-state index contributed by atoms with van der Waals surface area (Å²) in [6.45, 7) is 1.57. The lowest BCUT2D eigenvalue weighted by Gasteiger charge is -2.37. The minimum atomic E-state index is -0.272. The van der Waals surface area contributed by atoms with Crippen LogP contribution in [-0.4, -0.2) is 49.3 Å². The fraction of sp³-hybridized carbons (Fsp3) is 0.111. The van der Waals surface area contributed by atoms with Gasteiger partial charge in [-0.2, -0.15) is 5.10 Å². The predicted molar refractivity (Wildman–Crippen MR) is 138 cm³/mol. The first kappa shape index (κ1) is 20.7. The van der Waals surface area contributed by atoms with E-state index in [9.17, 15) is 4.39 Å². The van der Waals surface area contributed by atoms with Crippen molar-refractivity contribution in [2.45, 2.75) is 6.04 Å². The van der Waals surface area contributed by atoms with Gasteiger partial charge in [-0.25, -0.2) is 14.4 Å². The Morgan fingerprint density at radius 2 is 1.86 bits per heavy atom. The summed E-state index contributed by atoms with van der Waals surface area (Å²) in [6.07, 6.45) is 5.21. The van der Waals surface area contributed by atoms with Crippen LogP contribution in [0.2, 0.25) is 0 Å². The number of H-pyrrole nitrogens is 2. The Bertz CT molecular complexity index is 1750. The van der Waals surface area contributed by atoms with Crippen molar-refractivity contribution in [1.29, 1.82) is 0 Å². The van der Waals surface area contributed by atoms with Crippen LogP contribution in [0, 0.1) is 5.82 Å². The van der Waals surface area contributed by atoms with Crippen molar-refractivity contribution in [2.24, 2.45) is 5.73 Å². The van der Waals surface area contributed by atoms with E-state index in [0.29, 0.717) is 11.2 Å². The Balaban J connectivity index is 1.32. The van der Waals surface area contributed by atoms with Gasteiger partial charge in [-0.1, -0.05) is 24.3 Å². The number of pyridine rings is 1. The van der Waals surface area contributed by atoms with E-state index < -0.39 is 0 Å². The first-order valence-electron chi connectivity index (χ1n) is 11.7. The number of halogens is 1. The number of anilines is 1. The van der Waals surface area contributed by atoms with Gasteiger partial charge < -0.3 is 15.6 Å². The van der Waals surface area contributed by atoms with E-state index in [1.165, 1.54) is 6.07 Å². The molecule has 9 heteroatoms. The molecule has 0 aliphatic carbocycles. The molecule has 4 aromatic heterocycles. The highest BCUT2D eigenvalue weighted by atomic mass is 19.1. The molecule has 176 valence electrons. The van der Waals surface area contributed by atoms with E-state index in [-0.39, 0.29) is 11.9 Å². The molecule has 0 spiro atoms. The number of rotatable bonds is 4. The molecule has 1 aliphatic heterocycles. The van der Waals surface area contributed by atoms with Crippen LogP contribution in [0.3, 0.4) is 0 Å². The molecule has 2 aromatic carbocycles. The van der Waals surface area contributed by atoms with Crippen molar-refractivity contribution in [3.63, 3.8) is 0 Å². The van der Waals surface area contributed by atoms with E-state index in [4.69, 9.17) is 10.7 Å². The van der Waals surface area contributed by atoms with E-state index in [1.54, 1.807) is 30.7 Å². The molecule has 1 saturated heterocycles. The molecule has 0 atom stereocenters. The van der Waals surface area contributed by atoms with Gasteiger partial charge in [0.2, 0.25) is 0 Å². The van der Waals surface area contributed by atoms with E-state index >= 15 is 0 Å². The van der Waals surface area contributed by atoms with Gasteiger partial charge in [-0.05, 0) is 35.9 Å². The maximum atomic E-state index is 14.6. The van der Waals surface area contributed by atoms with Gasteiger partial charge >= 0.3 is 0 Å². The van der Waals surface area contributed by atoms with Gasteiger partial charge in [-0.15, -0.1) is 0 Å². The average Bonchev–Trinajstić information content (AvgIpc) is 3.51. The minimum Gasteiger partial charge on any atom is -0.352 e. The van der Waals surface area contributed by atoms with E-state index in [2.05, 4.69) is 36.1 Å². The first-order valence-corrected chi connectivity index (χ1v) is 11.7. The fourth-order valence-electron chi connectivity index (χ4n) is 4.79. The molecule has 1 aliphatic rings. The first-order chi connectivity index (χ1) is 17.6. The lowest BCUT2D eigenvalue weighted by atomic mass is 10.0. The predicted octanol–water partition coefficient (Wildman–Crippen LogP) is 4.52. The fourth-order valence-corrected chi connectivity index (χ4v) is 4.79. The normalized spacial score (nSPS) is 14.0. The number of fused-ring (bicyclic) bond motifs is 2. The van der Waals surface area contributed by atoms with Crippen molar-refractivity contribution in [3.8, 4) is 33.8 Å². The van der Waals surface area contributed by atoms with Crippen LogP contribution in [0.15, 0.2) is 73.2 Å². The average molecular weight is 477 g/mol. The lowest BCUT2D eigenvalue weighted by molar-refractivity contribution is 0.514. The number of benzene rings is 2. The van der Waals surface area contributed by atoms with Crippen molar-refractivity contribution < 1.29 is 4.39 Å². The monoisotopic (exact) mass is 476 g/mol. The van der Waals surface area contributed by atoms with Gasteiger partial charge in [0.15, 0.2) is 0 Å². The third kappa shape index (κ3) is 3.32. The zero-order valence-electron chi connectivity index (χ0n) is 19.1. The number of aromatic amines is 2. The number of hydrogen-bond donors (Lipinski definition) is 3. The molecule has 4 N–H and O–H groups in total. The summed E-state index contributed by atoms with van der Waals surface area (Å²) in [7, 11) is 0. The highest BCUT2D eigenvalue weighted by molar-refractivity contribution is 6.00. The zero-order valence-corrected chi connectivity index (χ0v) is 19.1. The van der Waals surface area contributed by atoms with Crippen molar-refractivity contribution >= 4 is 27.8 Å². The van der Waals surface area contributed by atoms with Crippen molar-refractivity contribution in [3.05, 3.63) is 79.0 Å². The largest absolute Gasteiger partial charge is 0.352 e. The van der Waals surface area contributed by atoms with Gasteiger partial charge in [-0.3, -0.25) is 10.1 Å². The second kappa shape index (κ2) is 7.96. The number of aromatic nitrogens is 6. The summed E-state index contributed by atoms with van der Waals surface area (Å²) in [4.78, 5) is 19.2. The van der Waals surface area contributed by atoms with Crippen LogP contribution < -0.4 is 10.6 Å². The number of hydrogen-bond acceptors (Lipinski definition) is 6. The number of nitrogens with zero attached hydrogens (tertiary/aromatic N) is 5. The summed E-state index contributed by atoms with van der Waals surface area (Å²) >= 11 is 0. The Hall–Kier alpha value is -4.63. The molecule has 36 heavy (non-hydrogen) atoms. The third-order valence-electron chi connectivity index (χ3n) is 6.67. The van der Waals surface area contributed by atoms with Gasteiger partial charge in [0, 0.05) is 47.2 Å². The van der Waals surface area contributed by atoms with Gasteiger partial charge in [0.25, 0.3) is 0 Å². The lowest BCUT2D eigenvalue weighted by Crippen LogP contribution is -2.56. The Labute approximate surface area is 205 Å². The third-order valence-corrected chi connectivity index (χ3v) is 6.67. The molecule has 0 bridgehead atoms. The molecular formula is C27H21FN8. The van der Waals surface area contributed by atoms with Crippen LogP contribution in [0.1, 0.15) is 0 Å². The Morgan fingerprint density at radius 3 is 2.72 bits per heavy atom. The van der Waals surface area contributed by atoms with E-state index in [0.717, 1.165) is 63.4 Å². The van der Waals surface area contributed by atoms with Crippen LogP contribution in [0.5, 0.6) is 0 Å². The van der Waals surface area contributed by atoms with Crippen LogP contribution in [0.25, 0.3) is 55.7 Å². The molecule has 0 radical (unpaired) electrons. The summed E-state index contributed by atoms with van der Waals surface area (Å²) in [5, 5.41) is 9.45. The molecule has 5 heterocycles. The summed E-state index contributed by atoms with van der Waals surface area (Å²) < 4.78 is 14.6. The second-order valence-electron chi connectivity index (χ2n) is 9.04. The molecule has 6 aromatic rings. The standard InChI is InChI=1S/C27H21FN8/c28-21-4-2-1-3-18(21)17-7-8-31-27-19(17)10-23(33-27)26-20-9-15(5-6-22(20)34-35-26)24-11-30-12-25(32-24)36-13-16(29)14-36/h1-12,16H,13-14,29H2,(H,31,33)(H,34,35). The summed E-state index contributed by atoms with van der Waals surface area (Å²) in [5.74, 6) is 0.551. The van der Waals surface area contributed by atoms with E-state index in [1.807, 2.05) is 30.3 Å². The van der Waals surface area contributed by atoms with Crippen molar-refractivity contribution in [2.75, 3.05) is 18.0 Å². The van der Waals surface area contributed by atoms with Crippen LogP contribution >= 0.6 is 0 Å². The molecular weight excluding hydrogens is 455 g/mol. The van der Waals surface area contributed by atoms with Crippen LogP contribution in [0.4, 0.5) is 10.2 Å². The Morgan fingerprint density at radius 1 is 0.972 bits per heavy atom. The second-order valence-corrected chi connectivity index (χ2v) is 9.04. The highest BCUT2D eigenvalue weighted by Gasteiger charge is 2.24. The molecule has 1 fully saturated rings. The highest BCUT2D eigenvalue weighted by Crippen LogP contribution is 2.35. The molecule has 0 amide bonds. The quantitative estimate of drug-likeness (QED) is 0.345. The van der Waals surface area contributed by atoms with Gasteiger partial charge in [0.05, 0.1) is 29.3 Å². The Kier molecular flexibility index (Phi) is 4.58. The minimum absolute atomic E-state index is 0.185. The summed E-state index contributed by atoms with van der Waals surface area (Å²) in [5.41, 5.74) is 12.1. The van der Waals surface area contributed by atoms with Crippen molar-refractivity contribution in [1.82, 2.24) is 30.1 Å². The van der Waals surface area contributed by atoms with Gasteiger partial charge in [0.1, 0.15) is 23.0 Å². The molecule has 0 saturated carbocycles. The summed E-state index contributed by atoms with van der Waals surface area (Å²) in [6, 6.07) is 16.8. The molecule has 0 unspecified atom stereocenters. The maximum Gasteiger partial charge on any atom is 0.147 e. The number of nitrogens with one attached hydrogen (secondary N) is 2. The molecule has 7 rings (SSSR count). The topological polar surface area (TPSA) is 112 Å². The maximum absolute atomic E-state index is 14.6. The molecule has 8 nitrogen and oxygen atoms in total. The smallest absolute Gasteiger partial charge is 0.147 e. The SMILES string of the molecule is NC1CN(c2cncc(-c3ccc4[nH]nc(-c5cc6c(-c7ccccc7F)ccnc6[nH]5)c4c3)n2)C1. The zero-order chi connectivity index (χ0) is 24.2. The number of nitrogens with two attached hydrogens (primary N) is 1.